The summed E-state index contributed by atoms with van der Waals surface area (Å²) in [5.41, 5.74) is 1.73. The van der Waals surface area contributed by atoms with Crippen LogP contribution in [-0.2, 0) is 16.6 Å². The molecule has 0 amide bonds. The van der Waals surface area contributed by atoms with E-state index < -0.39 is 10.0 Å². The van der Waals surface area contributed by atoms with Crippen LogP contribution in [0.3, 0.4) is 0 Å². The fourth-order valence-corrected chi connectivity index (χ4v) is 5.03. The normalized spacial score (nSPS) is 14.7. The number of benzene rings is 1. The molecular formula is C22H24N6O2S2. The number of piperazine rings is 1. The lowest BCUT2D eigenvalue weighted by molar-refractivity contribution is 0.384. The van der Waals surface area contributed by atoms with Gasteiger partial charge in [-0.15, -0.1) is 0 Å². The van der Waals surface area contributed by atoms with Gasteiger partial charge in [0.1, 0.15) is 5.82 Å². The SMILES string of the molecule is O=S(=O)(c1ccc(NC(=S)NCc2cccnc2)cc1)N1CCN(c2ccccn2)CC1. The molecule has 1 aromatic carbocycles. The third-order valence-electron chi connectivity index (χ3n) is 5.14. The molecule has 3 heterocycles. The highest BCUT2D eigenvalue weighted by atomic mass is 32.2. The molecule has 32 heavy (non-hydrogen) atoms. The summed E-state index contributed by atoms with van der Waals surface area (Å²) in [4.78, 5) is 10.8. The van der Waals surface area contributed by atoms with Crippen molar-refractivity contribution in [2.75, 3.05) is 36.4 Å². The molecule has 1 saturated heterocycles. The molecule has 8 nitrogen and oxygen atoms in total. The summed E-state index contributed by atoms with van der Waals surface area (Å²) in [5.74, 6) is 0.869. The predicted molar refractivity (Wildman–Crippen MR) is 129 cm³/mol. The van der Waals surface area contributed by atoms with Gasteiger partial charge < -0.3 is 15.5 Å². The maximum absolute atomic E-state index is 13.1. The minimum absolute atomic E-state index is 0.267. The maximum atomic E-state index is 13.1. The molecule has 0 saturated carbocycles. The van der Waals surface area contributed by atoms with Crippen molar-refractivity contribution in [3.8, 4) is 0 Å². The van der Waals surface area contributed by atoms with Crippen LogP contribution >= 0.6 is 12.2 Å². The van der Waals surface area contributed by atoms with Crippen molar-refractivity contribution >= 4 is 38.9 Å². The number of hydrogen-bond donors (Lipinski definition) is 2. The topological polar surface area (TPSA) is 90.5 Å². The number of nitrogens with one attached hydrogen (secondary N) is 2. The van der Waals surface area contributed by atoms with E-state index in [0.29, 0.717) is 43.5 Å². The Morgan fingerprint density at radius 1 is 0.969 bits per heavy atom. The van der Waals surface area contributed by atoms with Crippen LogP contribution in [0, 0.1) is 0 Å². The molecular weight excluding hydrogens is 444 g/mol. The van der Waals surface area contributed by atoms with Crippen LogP contribution in [0.4, 0.5) is 11.5 Å². The van der Waals surface area contributed by atoms with Gasteiger partial charge in [0.2, 0.25) is 10.0 Å². The Morgan fingerprint density at radius 2 is 1.75 bits per heavy atom. The number of sulfonamides is 1. The molecule has 2 N–H and O–H groups in total. The summed E-state index contributed by atoms with van der Waals surface area (Å²) in [6.45, 7) is 2.60. The van der Waals surface area contributed by atoms with Gasteiger partial charge in [0.15, 0.2) is 5.11 Å². The first kappa shape index (κ1) is 22.1. The van der Waals surface area contributed by atoms with Gasteiger partial charge in [0.05, 0.1) is 4.90 Å². The Labute approximate surface area is 193 Å². The van der Waals surface area contributed by atoms with Gasteiger partial charge in [-0.3, -0.25) is 4.98 Å². The molecule has 1 fully saturated rings. The number of thiocarbonyl (C=S) groups is 1. The van der Waals surface area contributed by atoms with E-state index in [-0.39, 0.29) is 4.90 Å². The lowest BCUT2D eigenvalue weighted by atomic mass is 10.3. The van der Waals surface area contributed by atoms with Crippen molar-refractivity contribution in [2.45, 2.75) is 11.4 Å². The molecule has 0 aliphatic carbocycles. The molecule has 0 bridgehead atoms. The fraction of sp³-hybridized carbons (Fsp3) is 0.227. The van der Waals surface area contributed by atoms with Gasteiger partial charge in [0.25, 0.3) is 0 Å². The maximum Gasteiger partial charge on any atom is 0.243 e. The average Bonchev–Trinajstić information content (AvgIpc) is 2.84. The van der Waals surface area contributed by atoms with Crippen molar-refractivity contribution in [2.24, 2.45) is 0 Å². The number of hydrogen-bond acceptors (Lipinski definition) is 6. The molecule has 0 unspecified atom stereocenters. The average molecular weight is 469 g/mol. The van der Waals surface area contributed by atoms with Crippen LogP contribution in [0.1, 0.15) is 5.56 Å². The first-order valence-electron chi connectivity index (χ1n) is 10.2. The zero-order valence-electron chi connectivity index (χ0n) is 17.4. The third kappa shape index (κ3) is 5.39. The van der Waals surface area contributed by atoms with Crippen LogP contribution < -0.4 is 15.5 Å². The predicted octanol–water partition coefficient (Wildman–Crippen LogP) is 2.47. The Hall–Kier alpha value is -3.08. The van der Waals surface area contributed by atoms with Gasteiger partial charge in [0, 0.05) is 57.0 Å². The molecule has 0 spiro atoms. The lowest BCUT2D eigenvalue weighted by Crippen LogP contribution is -2.48. The summed E-state index contributed by atoms with van der Waals surface area (Å²) < 4.78 is 27.6. The van der Waals surface area contributed by atoms with Crippen molar-refractivity contribution < 1.29 is 8.42 Å². The second-order valence-electron chi connectivity index (χ2n) is 7.27. The van der Waals surface area contributed by atoms with E-state index in [9.17, 15) is 8.42 Å². The summed E-state index contributed by atoms with van der Waals surface area (Å²) >= 11 is 5.32. The molecule has 2 aromatic heterocycles. The van der Waals surface area contributed by atoms with Crippen LogP contribution in [0.5, 0.6) is 0 Å². The number of aromatic nitrogens is 2. The zero-order chi connectivity index (χ0) is 22.4. The molecule has 166 valence electrons. The molecule has 0 radical (unpaired) electrons. The summed E-state index contributed by atoms with van der Waals surface area (Å²) in [5, 5.41) is 6.63. The second-order valence-corrected chi connectivity index (χ2v) is 9.62. The summed E-state index contributed by atoms with van der Waals surface area (Å²) in [7, 11) is -3.56. The largest absolute Gasteiger partial charge is 0.358 e. The molecule has 1 aliphatic heterocycles. The first-order chi connectivity index (χ1) is 15.5. The minimum Gasteiger partial charge on any atom is -0.358 e. The summed E-state index contributed by atoms with van der Waals surface area (Å²) in [6.07, 6.45) is 5.23. The molecule has 3 aromatic rings. The Bertz CT molecular complexity index is 1130. The van der Waals surface area contributed by atoms with Gasteiger partial charge in [-0.2, -0.15) is 4.31 Å². The van der Waals surface area contributed by atoms with E-state index in [2.05, 4.69) is 25.5 Å². The van der Waals surface area contributed by atoms with Gasteiger partial charge in [-0.05, 0) is 60.2 Å². The summed E-state index contributed by atoms with van der Waals surface area (Å²) in [6, 6.07) is 16.2. The molecule has 0 atom stereocenters. The fourth-order valence-electron chi connectivity index (χ4n) is 3.42. The number of pyridine rings is 2. The van der Waals surface area contributed by atoms with Crippen LogP contribution in [0.25, 0.3) is 0 Å². The quantitative estimate of drug-likeness (QED) is 0.534. The monoisotopic (exact) mass is 468 g/mol. The van der Waals surface area contributed by atoms with E-state index in [0.717, 1.165) is 11.4 Å². The van der Waals surface area contributed by atoms with Crippen LogP contribution in [0.15, 0.2) is 78.1 Å². The molecule has 10 heteroatoms. The van der Waals surface area contributed by atoms with Crippen LogP contribution in [-0.4, -0.2) is 54.0 Å². The molecule has 4 rings (SSSR count). The second kappa shape index (κ2) is 10.0. The van der Waals surface area contributed by atoms with Crippen LogP contribution in [0.2, 0.25) is 0 Å². The lowest BCUT2D eigenvalue weighted by Gasteiger charge is -2.34. The van der Waals surface area contributed by atoms with Crippen molar-refractivity contribution in [3.63, 3.8) is 0 Å². The number of anilines is 2. The van der Waals surface area contributed by atoms with E-state index in [1.807, 2.05) is 30.3 Å². The smallest absolute Gasteiger partial charge is 0.243 e. The van der Waals surface area contributed by atoms with Gasteiger partial charge in [-0.25, -0.2) is 13.4 Å². The highest BCUT2D eigenvalue weighted by molar-refractivity contribution is 7.89. The van der Waals surface area contributed by atoms with E-state index in [1.54, 1.807) is 42.9 Å². The highest BCUT2D eigenvalue weighted by Gasteiger charge is 2.28. The van der Waals surface area contributed by atoms with Crippen molar-refractivity contribution in [1.82, 2.24) is 19.6 Å². The Morgan fingerprint density at radius 3 is 2.41 bits per heavy atom. The van der Waals surface area contributed by atoms with Crippen molar-refractivity contribution in [1.29, 1.82) is 0 Å². The van der Waals surface area contributed by atoms with E-state index in [1.165, 1.54) is 4.31 Å². The van der Waals surface area contributed by atoms with E-state index >= 15 is 0 Å². The number of rotatable bonds is 6. The van der Waals surface area contributed by atoms with Gasteiger partial charge in [-0.1, -0.05) is 12.1 Å². The number of nitrogens with zero attached hydrogens (tertiary/aromatic N) is 4. The van der Waals surface area contributed by atoms with Crippen molar-refractivity contribution in [3.05, 3.63) is 78.8 Å². The first-order valence-corrected chi connectivity index (χ1v) is 12.1. The highest BCUT2D eigenvalue weighted by Crippen LogP contribution is 2.21. The standard InChI is InChI=1S/C22H24N6O2S2/c29-32(30,28-14-12-27(13-15-28)21-5-1-2-11-24-21)20-8-6-19(7-9-20)26-22(31)25-17-18-4-3-10-23-16-18/h1-11,16H,12-15,17H2,(H2,25,26,31). The zero-order valence-corrected chi connectivity index (χ0v) is 19.0. The molecule has 1 aliphatic rings. The van der Waals surface area contributed by atoms with E-state index in [4.69, 9.17) is 12.2 Å². The minimum atomic E-state index is -3.56. The Kier molecular flexibility index (Phi) is 6.93. The third-order valence-corrected chi connectivity index (χ3v) is 7.30. The van der Waals surface area contributed by atoms with Gasteiger partial charge >= 0.3 is 0 Å². The Balaban J connectivity index is 1.32.